The highest BCUT2D eigenvalue weighted by Crippen LogP contribution is 2.26. The monoisotopic (exact) mass is 303 g/mol. The third-order valence-corrected chi connectivity index (χ3v) is 3.58. The topological polar surface area (TPSA) is 68.0 Å². The minimum atomic E-state index is -0.185. The van der Waals surface area contributed by atoms with Crippen LogP contribution in [0.15, 0.2) is 66.9 Å². The van der Waals surface area contributed by atoms with E-state index >= 15 is 0 Å². The van der Waals surface area contributed by atoms with E-state index in [9.17, 15) is 4.79 Å². The summed E-state index contributed by atoms with van der Waals surface area (Å²) in [7, 11) is 0. The van der Waals surface area contributed by atoms with Gasteiger partial charge in [0.25, 0.3) is 5.91 Å². The largest absolute Gasteiger partial charge is 0.397 e. The summed E-state index contributed by atoms with van der Waals surface area (Å²) in [6.07, 6.45) is 1.73. The second-order valence-electron chi connectivity index (χ2n) is 5.34. The number of benzene rings is 2. The molecule has 0 aliphatic carbocycles. The van der Waals surface area contributed by atoms with E-state index in [1.54, 1.807) is 24.4 Å². The Kier molecular flexibility index (Phi) is 4.06. The van der Waals surface area contributed by atoms with Crippen molar-refractivity contribution in [1.82, 2.24) is 4.98 Å². The van der Waals surface area contributed by atoms with Crippen molar-refractivity contribution in [3.8, 4) is 11.3 Å². The molecule has 0 saturated carbocycles. The molecule has 3 rings (SSSR count). The number of nitrogens with zero attached hydrogens (tertiary/aromatic N) is 1. The van der Waals surface area contributed by atoms with Crippen LogP contribution in [0.2, 0.25) is 0 Å². The first-order valence-electron chi connectivity index (χ1n) is 7.32. The first-order valence-corrected chi connectivity index (χ1v) is 7.32. The first kappa shape index (κ1) is 14.8. The van der Waals surface area contributed by atoms with Crippen molar-refractivity contribution in [2.75, 3.05) is 11.1 Å². The van der Waals surface area contributed by atoms with Crippen molar-refractivity contribution in [2.24, 2.45) is 0 Å². The zero-order chi connectivity index (χ0) is 16.2. The minimum absolute atomic E-state index is 0.185. The lowest BCUT2D eigenvalue weighted by atomic mass is 10.1. The number of aromatic nitrogens is 1. The van der Waals surface area contributed by atoms with Crippen molar-refractivity contribution in [2.45, 2.75) is 6.92 Å². The maximum absolute atomic E-state index is 12.3. The molecular weight excluding hydrogens is 286 g/mol. The first-order chi connectivity index (χ1) is 11.1. The van der Waals surface area contributed by atoms with Crippen LogP contribution in [0.4, 0.5) is 11.4 Å². The fraction of sp³-hybridized carbons (Fsp3) is 0.0526. The Morgan fingerprint density at radius 1 is 1.04 bits per heavy atom. The van der Waals surface area contributed by atoms with Crippen LogP contribution in [0.1, 0.15) is 15.9 Å². The van der Waals surface area contributed by atoms with Crippen molar-refractivity contribution in [3.63, 3.8) is 0 Å². The molecule has 0 aliphatic heterocycles. The normalized spacial score (nSPS) is 10.3. The third-order valence-electron chi connectivity index (χ3n) is 3.58. The number of carbonyl (C=O) groups excluding carboxylic acids is 1. The summed E-state index contributed by atoms with van der Waals surface area (Å²) >= 11 is 0. The van der Waals surface area contributed by atoms with Crippen LogP contribution in [0.3, 0.4) is 0 Å². The molecule has 0 aliphatic rings. The number of hydrogen-bond donors (Lipinski definition) is 2. The average Bonchev–Trinajstić information content (AvgIpc) is 2.58. The van der Waals surface area contributed by atoms with Gasteiger partial charge >= 0.3 is 0 Å². The number of pyridine rings is 1. The fourth-order valence-electron chi connectivity index (χ4n) is 2.26. The van der Waals surface area contributed by atoms with Crippen LogP contribution >= 0.6 is 0 Å². The van der Waals surface area contributed by atoms with Crippen molar-refractivity contribution >= 4 is 17.3 Å². The van der Waals surface area contributed by atoms with Gasteiger partial charge in [-0.2, -0.15) is 0 Å². The van der Waals surface area contributed by atoms with Crippen molar-refractivity contribution < 1.29 is 4.79 Å². The molecule has 3 aromatic rings. The van der Waals surface area contributed by atoms with Crippen LogP contribution in [-0.4, -0.2) is 10.9 Å². The lowest BCUT2D eigenvalue weighted by Crippen LogP contribution is -2.13. The molecule has 23 heavy (non-hydrogen) atoms. The number of carbonyl (C=O) groups is 1. The molecule has 0 fully saturated rings. The Bertz CT molecular complexity index is 827. The van der Waals surface area contributed by atoms with Crippen LogP contribution in [0, 0.1) is 6.92 Å². The molecule has 0 spiro atoms. The van der Waals surface area contributed by atoms with Crippen LogP contribution < -0.4 is 11.1 Å². The molecule has 3 N–H and O–H groups in total. The Balaban J connectivity index is 1.88. The summed E-state index contributed by atoms with van der Waals surface area (Å²) in [6, 6.07) is 18.6. The van der Waals surface area contributed by atoms with Gasteiger partial charge in [0.2, 0.25) is 0 Å². The van der Waals surface area contributed by atoms with Gasteiger partial charge in [0.1, 0.15) is 0 Å². The average molecular weight is 303 g/mol. The summed E-state index contributed by atoms with van der Waals surface area (Å²) in [5.74, 6) is -0.185. The van der Waals surface area contributed by atoms with E-state index in [1.165, 1.54) is 0 Å². The minimum Gasteiger partial charge on any atom is -0.397 e. The standard InChI is InChI=1S/C19H17N3O/c1-13-5-7-14(8-6-13)19(23)22-18-12-15(9-10-16(18)20)17-4-2-3-11-21-17/h2-12H,20H2,1H3,(H,22,23). The Morgan fingerprint density at radius 2 is 1.83 bits per heavy atom. The van der Waals surface area contributed by atoms with Gasteiger partial charge in [0.15, 0.2) is 0 Å². The molecule has 0 unspecified atom stereocenters. The maximum atomic E-state index is 12.3. The smallest absolute Gasteiger partial charge is 0.255 e. The van der Waals surface area contributed by atoms with Crippen LogP contribution in [-0.2, 0) is 0 Å². The van der Waals surface area contributed by atoms with E-state index in [-0.39, 0.29) is 5.91 Å². The fourth-order valence-corrected chi connectivity index (χ4v) is 2.26. The summed E-state index contributed by atoms with van der Waals surface area (Å²) in [5.41, 5.74) is 10.5. The molecule has 0 radical (unpaired) electrons. The molecule has 0 bridgehead atoms. The highest BCUT2D eigenvalue weighted by atomic mass is 16.1. The van der Waals surface area contributed by atoms with E-state index in [4.69, 9.17) is 5.73 Å². The Morgan fingerprint density at radius 3 is 2.52 bits per heavy atom. The van der Waals surface area contributed by atoms with Gasteiger partial charge in [-0.25, -0.2) is 0 Å². The molecule has 2 aromatic carbocycles. The molecule has 1 amide bonds. The SMILES string of the molecule is Cc1ccc(C(=O)Nc2cc(-c3ccccn3)ccc2N)cc1. The highest BCUT2D eigenvalue weighted by Gasteiger charge is 2.09. The quantitative estimate of drug-likeness (QED) is 0.721. The number of hydrogen-bond acceptors (Lipinski definition) is 3. The zero-order valence-electron chi connectivity index (χ0n) is 12.8. The molecule has 0 saturated heterocycles. The number of nitrogens with two attached hydrogens (primary N) is 1. The number of nitrogens with one attached hydrogen (secondary N) is 1. The summed E-state index contributed by atoms with van der Waals surface area (Å²) in [6.45, 7) is 1.98. The number of nitrogen functional groups attached to an aromatic ring is 1. The lowest BCUT2D eigenvalue weighted by Gasteiger charge is -2.10. The lowest BCUT2D eigenvalue weighted by molar-refractivity contribution is 0.102. The molecule has 0 atom stereocenters. The predicted octanol–water partition coefficient (Wildman–Crippen LogP) is 3.89. The van der Waals surface area contributed by atoms with E-state index < -0.39 is 0 Å². The Hall–Kier alpha value is -3.14. The number of rotatable bonds is 3. The molecule has 114 valence electrons. The number of aryl methyl sites for hydroxylation is 1. The van der Waals surface area contributed by atoms with Crippen LogP contribution in [0.25, 0.3) is 11.3 Å². The van der Waals surface area contributed by atoms with E-state index in [1.807, 2.05) is 49.4 Å². The molecule has 1 heterocycles. The van der Waals surface area contributed by atoms with E-state index in [0.717, 1.165) is 16.8 Å². The van der Waals surface area contributed by atoms with E-state index in [0.29, 0.717) is 16.9 Å². The van der Waals surface area contributed by atoms with Gasteiger partial charge in [0.05, 0.1) is 17.1 Å². The molecular formula is C19H17N3O. The van der Waals surface area contributed by atoms with Gasteiger partial charge in [-0.15, -0.1) is 0 Å². The second-order valence-corrected chi connectivity index (χ2v) is 5.34. The maximum Gasteiger partial charge on any atom is 0.255 e. The number of amides is 1. The molecule has 4 nitrogen and oxygen atoms in total. The van der Waals surface area contributed by atoms with Gasteiger partial charge in [0, 0.05) is 17.3 Å². The summed E-state index contributed by atoms with van der Waals surface area (Å²) in [4.78, 5) is 16.7. The van der Waals surface area contributed by atoms with Gasteiger partial charge in [-0.05, 0) is 43.3 Å². The van der Waals surface area contributed by atoms with Gasteiger partial charge < -0.3 is 11.1 Å². The van der Waals surface area contributed by atoms with Crippen LogP contribution in [0.5, 0.6) is 0 Å². The number of anilines is 2. The predicted molar refractivity (Wildman–Crippen MR) is 93.2 cm³/mol. The molecule has 1 aromatic heterocycles. The van der Waals surface area contributed by atoms with Gasteiger partial charge in [-0.3, -0.25) is 9.78 Å². The zero-order valence-corrected chi connectivity index (χ0v) is 12.8. The Labute approximate surface area is 135 Å². The summed E-state index contributed by atoms with van der Waals surface area (Å²) < 4.78 is 0. The van der Waals surface area contributed by atoms with Gasteiger partial charge in [-0.1, -0.05) is 29.8 Å². The highest BCUT2D eigenvalue weighted by molar-refractivity contribution is 6.06. The molecule has 4 heteroatoms. The second kappa shape index (κ2) is 6.32. The van der Waals surface area contributed by atoms with Crippen molar-refractivity contribution in [1.29, 1.82) is 0 Å². The summed E-state index contributed by atoms with van der Waals surface area (Å²) in [5, 5.41) is 2.86. The van der Waals surface area contributed by atoms with E-state index in [2.05, 4.69) is 10.3 Å². The van der Waals surface area contributed by atoms with Crippen molar-refractivity contribution in [3.05, 3.63) is 78.0 Å². The third kappa shape index (κ3) is 3.37.